The van der Waals surface area contributed by atoms with Crippen molar-refractivity contribution in [2.24, 2.45) is 18.7 Å². The van der Waals surface area contributed by atoms with Gasteiger partial charge in [-0.3, -0.25) is 19.1 Å². The maximum absolute atomic E-state index is 13.7. The number of imidazole rings is 1. The van der Waals surface area contributed by atoms with Crippen LogP contribution in [0.5, 0.6) is 0 Å². The summed E-state index contributed by atoms with van der Waals surface area (Å²) in [6.07, 6.45) is -1.19. The lowest BCUT2D eigenvalue weighted by molar-refractivity contribution is -0.141. The fourth-order valence-electron chi connectivity index (χ4n) is 5.95. The van der Waals surface area contributed by atoms with Crippen molar-refractivity contribution < 1.29 is 37.5 Å². The zero-order chi connectivity index (χ0) is 36.7. The Morgan fingerprint density at radius 1 is 1.14 bits per heavy atom. The van der Waals surface area contributed by atoms with Crippen molar-refractivity contribution in [2.45, 2.75) is 45.5 Å². The van der Waals surface area contributed by atoms with Crippen LogP contribution >= 0.6 is 0 Å². The summed E-state index contributed by atoms with van der Waals surface area (Å²) in [5.74, 6) is -0.612. The number of carboxylic acid groups (broad SMARTS) is 1. The van der Waals surface area contributed by atoms with Gasteiger partial charge in [0.1, 0.15) is 6.54 Å². The molecule has 2 aliphatic heterocycles. The molecule has 1 aromatic carbocycles. The van der Waals surface area contributed by atoms with E-state index in [2.05, 4.69) is 22.3 Å². The number of carbonyl (C=O) groups excluding carboxylic acids is 3. The molecule has 2 aromatic heterocycles. The number of benzene rings is 1. The topological polar surface area (TPSA) is 196 Å². The Balaban J connectivity index is 0.00000181. The molecule has 0 aliphatic carbocycles. The second-order valence-corrected chi connectivity index (χ2v) is 12.0. The lowest BCUT2D eigenvalue weighted by Gasteiger charge is -2.41. The first-order valence-electron chi connectivity index (χ1n) is 15.9. The van der Waals surface area contributed by atoms with E-state index in [1.165, 1.54) is 11.6 Å². The number of rotatable bonds is 6. The van der Waals surface area contributed by atoms with E-state index >= 15 is 0 Å². The molecule has 4 amide bonds. The maximum Gasteiger partial charge on any atom is 0.435 e. The van der Waals surface area contributed by atoms with Gasteiger partial charge in [-0.05, 0) is 42.5 Å². The highest BCUT2D eigenvalue weighted by molar-refractivity contribution is 6.03. The number of amides is 4. The summed E-state index contributed by atoms with van der Waals surface area (Å²) in [5, 5.41) is 22.0. The second kappa shape index (κ2) is 15.8. The normalized spacial score (nSPS) is 17.8. The molecule has 0 unspecified atom stereocenters. The van der Waals surface area contributed by atoms with Crippen LogP contribution in [0.15, 0.2) is 30.6 Å². The maximum atomic E-state index is 13.7. The zero-order valence-corrected chi connectivity index (χ0v) is 27.9. The van der Waals surface area contributed by atoms with Gasteiger partial charge in [-0.1, -0.05) is 13.8 Å². The standard InChI is InChI=1S/C31H37F3N10O3.CH2O2/c1-4-20-15-21(38-28(45)27-37-16-25(40(27)3)23-17-44(10-8-35)39-26(23)31(32,33)34)5-6-22(20)29(46)41-11-13-42(14-12-41)30(47)43-9-7-19(2)24(36)18-43;2-1-3/h5-6,15-17,19,24H,4,7,9-14,18,36H2,1-3H3,(H,38,45);1H,(H,2,3)/t19-,24+;/m1./s1. The molecule has 50 heavy (non-hydrogen) atoms. The van der Waals surface area contributed by atoms with Crippen LogP contribution in [0.2, 0.25) is 0 Å². The van der Waals surface area contributed by atoms with E-state index in [1.807, 2.05) is 6.92 Å². The molecule has 5 rings (SSSR count). The predicted octanol–water partition coefficient (Wildman–Crippen LogP) is 2.89. The molecule has 0 saturated carbocycles. The third-order valence-electron chi connectivity index (χ3n) is 8.83. The summed E-state index contributed by atoms with van der Waals surface area (Å²) in [5.41, 5.74) is 6.23. The van der Waals surface area contributed by atoms with E-state index in [4.69, 9.17) is 20.9 Å². The molecule has 4 N–H and O–H groups in total. The van der Waals surface area contributed by atoms with Crippen LogP contribution in [-0.4, -0.2) is 109 Å². The molecule has 0 spiro atoms. The van der Waals surface area contributed by atoms with Crippen molar-refractivity contribution in [3.63, 3.8) is 0 Å². The Kier molecular flexibility index (Phi) is 11.8. The van der Waals surface area contributed by atoms with Crippen LogP contribution in [0.25, 0.3) is 11.3 Å². The van der Waals surface area contributed by atoms with E-state index in [0.29, 0.717) is 68.4 Å². The first kappa shape index (κ1) is 37.4. The first-order chi connectivity index (χ1) is 23.7. The lowest BCUT2D eigenvalue weighted by atomic mass is 9.94. The van der Waals surface area contributed by atoms with E-state index in [9.17, 15) is 27.6 Å². The van der Waals surface area contributed by atoms with Gasteiger partial charge in [0.25, 0.3) is 18.3 Å². The van der Waals surface area contributed by atoms with E-state index < -0.39 is 17.8 Å². The summed E-state index contributed by atoms with van der Waals surface area (Å²) in [4.78, 5) is 57.4. The average molecular weight is 701 g/mol. The Hall–Kier alpha value is -5.44. The largest absolute Gasteiger partial charge is 0.483 e. The Morgan fingerprint density at radius 3 is 2.40 bits per heavy atom. The number of nitrogens with one attached hydrogen (secondary N) is 1. The summed E-state index contributed by atoms with van der Waals surface area (Å²) in [7, 11) is 1.41. The number of likely N-dealkylation sites (tertiary alicyclic amines) is 1. The lowest BCUT2D eigenvalue weighted by Crippen LogP contribution is -2.57. The van der Waals surface area contributed by atoms with Crippen molar-refractivity contribution in [3.05, 3.63) is 53.2 Å². The van der Waals surface area contributed by atoms with E-state index in [1.54, 1.807) is 39.0 Å². The number of anilines is 1. The molecule has 0 radical (unpaired) electrons. The molecule has 18 heteroatoms. The molecule has 2 saturated heterocycles. The van der Waals surface area contributed by atoms with Crippen LogP contribution in [0, 0.1) is 17.2 Å². The molecule has 15 nitrogen and oxygen atoms in total. The van der Waals surface area contributed by atoms with Crippen molar-refractivity contribution in [2.75, 3.05) is 44.6 Å². The van der Waals surface area contributed by atoms with Gasteiger partial charge in [0, 0.05) is 69.8 Å². The van der Waals surface area contributed by atoms with Crippen molar-refractivity contribution in [1.29, 1.82) is 5.26 Å². The summed E-state index contributed by atoms with van der Waals surface area (Å²) >= 11 is 0. The Morgan fingerprint density at radius 2 is 1.80 bits per heavy atom. The SMILES string of the molecule is CCc1cc(NC(=O)c2ncc(-c3cn(CC#N)nc3C(F)(F)F)n2C)ccc1C(=O)N1CCN(C(=O)N2CC[C@@H](C)[C@@H](N)C2)CC1.O=CO. The van der Waals surface area contributed by atoms with Gasteiger partial charge >= 0.3 is 12.2 Å². The highest BCUT2D eigenvalue weighted by Gasteiger charge is 2.39. The van der Waals surface area contributed by atoms with Crippen LogP contribution in [0.4, 0.5) is 23.7 Å². The van der Waals surface area contributed by atoms with Gasteiger partial charge < -0.3 is 35.4 Å². The zero-order valence-electron chi connectivity index (χ0n) is 27.9. The Bertz CT molecular complexity index is 1760. The summed E-state index contributed by atoms with van der Waals surface area (Å²) in [6, 6.07) is 6.56. The number of nitriles is 1. The van der Waals surface area contributed by atoms with Crippen LogP contribution in [0.3, 0.4) is 0 Å². The number of halogens is 3. The highest BCUT2D eigenvalue weighted by atomic mass is 19.4. The van der Waals surface area contributed by atoms with Crippen LogP contribution in [0.1, 0.15) is 52.5 Å². The number of aryl methyl sites for hydroxylation is 1. The summed E-state index contributed by atoms with van der Waals surface area (Å²) in [6.45, 7) is 6.14. The molecule has 2 aliphatic rings. The fourth-order valence-corrected chi connectivity index (χ4v) is 5.95. The average Bonchev–Trinajstić information content (AvgIpc) is 3.69. The molecule has 0 bridgehead atoms. The number of aromatic nitrogens is 4. The Labute approximate surface area is 286 Å². The van der Waals surface area contributed by atoms with Crippen molar-refractivity contribution in [3.8, 4) is 17.3 Å². The number of hydrogen-bond donors (Lipinski definition) is 3. The van der Waals surface area contributed by atoms with E-state index in [-0.39, 0.29) is 48.1 Å². The van der Waals surface area contributed by atoms with Gasteiger partial charge in [0.15, 0.2) is 11.5 Å². The minimum absolute atomic E-state index is 0.00208. The first-order valence-corrected chi connectivity index (χ1v) is 15.9. The molecule has 2 fully saturated rings. The number of urea groups is 1. The number of alkyl halides is 3. The smallest absolute Gasteiger partial charge is 0.435 e. The van der Waals surface area contributed by atoms with Crippen molar-refractivity contribution in [1.82, 2.24) is 34.0 Å². The van der Waals surface area contributed by atoms with Gasteiger partial charge in [-0.2, -0.15) is 23.5 Å². The molecule has 268 valence electrons. The number of piperazine rings is 1. The molecule has 2 atom stereocenters. The van der Waals surface area contributed by atoms with Gasteiger partial charge in [-0.25, -0.2) is 9.78 Å². The van der Waals surface area contributed by atoms with Crippen LogP contribution in [-0.2, 0) is 31.0 Å². The number of nitrogens with two attached hydrogens (primary N) is 1. The molecule has 4 heterocycles. The minimum atomic E-state index is -4.79. The summed E-state index contributed by atoms with van der Waals surface area (Å²) < 4.78 is 43.1. The highest BCUT2D eigenvalue weighted by Crippen LogP contribution is 2.36. The van der Waals surface area contributed by atoms with Gasteiger partial charge in [0.05, 0.1) is 23.5 Å². The number of nitrogens with zero attached hydrogens (tertiary/aromatic N) is 8. The number of hydrogen-bond acceptors (Lipinski definition) is 8. The molecular weight excluding hydrogens is 661 g/mol. The third kappa shape index (κ3) is 8.22. The quantitative estimate of drug-likeness (QED) is 0.324. The fraction of sp³-hybridized carbons (Fsp3) is 0.469. The third-order valence-corrected chi connectivity index (χ3v) is 8.83. The monoisotopic (exact) mass is 700 g/mol. The molecule has 3 aromatic rings. The molecular formula is C32H39F3N10O5. The number of piperidine rings is 1. The van der Waals surface area contributed by atoms with E-state index in [0.717, 1.165) is 23.5 Å². The van der Waals surface area contributed by atoms with Crippen LogP contribution < -0.4 is 11.1 Å². The van der Waals surface area contributed by atoms with Crippen molar-refractivity contribution >= 4 is 30.0 Å². The second-order valence-electron chi connectivity index (χ2n) is 12.0. The van der Waals surface area contributed by atoms with Gasteiger partial charge in [0.2, 0.25) is 0 Å². The van der Waals surface area contributed by atoms with Gasteiger partial charge in [-0.15, -0.1) is 0 Å². The predicted molar refractivity (Wildman–Crippen MR) is 174 cm³/mol. The minimum Gasteiger partial charge on any atom is -0.483 e. The number of carbonyl (C=O) groups is 4.